The van der Waals surface area contributed by atoms with E-state index < -0.39 is 27.7 Å². The zero-order valence-electron chi connectivity index (χ0n) is 12.8. The molecule has 1 aliphatic rings. The minimum absolute atomic E-state index is 0.0179. The number of hydrogen-bond donors (Lipinski definition) is 1. The van der Waals surface area contributed by atoms with Crippen LogP contribution in [0.25, 0.3) is 0 Å². The van der Waals surface area contributed by atoms with Crippen LogP contribution in [-0.2, 0) is 10.0 Å². The van der Waals surface area contributed by atoms with Crippen molar-refractivity contribution in [1.82, 2.24) is 0 Å². The Kier molecular flexibility index (Phi) is 4.10. The smallest absolute Gasteiger partial charge is 0.238 e. The van der Waals surface area contributed by atoms with E-state index in [4.69, 9.17) is 5.14 Å². The van der Waals surface area contributed by atoms with Crippen LogP contribution in [-0.4, -0.2) is 14.1 Å². The van der Waals surface area contributed by atoms with E-state index in [1.54, 1.807) is 17.1 Å². The number of primary sulfonamides is 1. The van der Waals surface area contributed by atoms with Crippen molar-refractivity contribution in [3.63, 3.8) is 0 Å². The number of halogens is 2. The zero-order valence-corrected chi connectivity index (χ0v) is 13.6. The maximum Gasteiger partial charge on any atom is 0.238 e. The van der Waals surface area contributed by atoms with E-state index >= 15 is 0 Å². The van der Waals surface area contributed by atoms with Gasteiger partial charge in [0, 0.05) is 23.8 Å². The van der Waals surface area contributed by atoms with E-state index in [-0.39, 0.29) is 4.90 Å². The third-order valence-electron chi connectivity index (χ3n) is 3.81. The van der Waals surface area contributed by atoms with Crippen molar-refractivity contribution in [1.29, 1.82) is 0 Å². The summed E-state index contributed by atoms with van der Waals surface area (Å²) in [5, 5.41) is 11.1. The Balaban J connectivity index is 1.98. The quantitative estimate of drug-likeness (QED) is 0.924. The second-order valence-electron chi connectivity index (χ2n) is 5.60. The van der Waals surface area contributed by atoms with Crippen molar-refractivity contribution < 1.29 is 17.2 Å². The maximum atomic E-state index is 14.1. The van der Waals surface area contributed by atoms with Crippen LogP contribution in [0.1, 0.15) is 24.9 Å². The topological polar surface area (TPSA) is 75.8 Å². The van der Waals surface area contributed by atoms with Crippen LogP contribution in [0.5, 0.6) is 0 Å². The van der Waals surface area contributed by atoms with Crippen LogP contribution in [0.15, 0.2) is 52.5 Å². The molecule has 3 rings (SSSR count). The number of hydrogen-bond acceptors (Lipinski definition) is 4. The third kappa shape index (κ3) is 3.15. The molecule has 1 heterocycles. The van der Waals surface area contributed by atoms with Crippen molar-refractivity contribution >= 4 is 21.4 Å². The molecular weight excluding hydrogens is 336 g/mol. The number of hydrazone groups is 1. The molecule has 0 aromatic heterocycles. The van der Waals surface area contributed by atoms with Crippen LogP contribution >= 0.6 is 0 Å². The fourth-order valence-electron chi connectivity index (χ4n) is 2.70. The number of sulfonamides is 1. The summed E-state index contributed by atoms with van der Waals surface area (Å²) >= 11 is 0. The zero-order chi connectivity index (χ0) is 17.5. The molecule has 2 aromatic carbocycles. The molecule has 0 amide bonds. The molecule has 0 radical (unpaired) electrons. The van der Waals surface area contributed by atoms with E-state index in [1.807, 2.05) is 6.92 Å². The molecular formula is C16H15F2N3O2S. The summed E-state index contributed by atoms with van der Waals surface area (Å²) in [4.78, 5) is -0.0179. The van der Waals surface area contributed by atoms with Gasteiger partial charge >= 0.3 is 0 Å². The van der Waals surface area contributed by atoms with Gasteiger partial charge in [-0.05, 0) is 37.3 Å². The van der Waals surface area contributed by atoms with Gasteiger partial charge < -0.3 is 0 Å². The van der Waals surface area contributed by atoms with Gasteiger partial charge in [0.2, 0.25) is 10.0 Å². The van der Waals surface area contributed by atoms with E-state index in [9.17, 15) is 17.2 Å². The SMILES string of the molecule is CC1=NN(c2ccc(S(N)(=O)=O)cc2)C(c2ccc(F)cc2F)C1. The monoisotopic (exact) mass is 351 g/mol. The highest BCUT2D eigenvalue weighted by Crippen LogP contribution is 2.36. The highest BCUT2D eigenvalue weighted by atomic mass is 32.2. The maximum absolute atomic E-state index is 14.1. The number of benzene rings is 2. The average molecular weight is 351 g/mol. The minimum atomic E-state index is -3.79. The fourth-order valence-corrected chi connectivity index (χ4v) is 3.22. The summed E-state index contributed by atoms with van der Waals surface area (Å²) in [6.07, 6.45) is 0.486. The summed E-state index contributed by atoms with van der Waals surface area (Å²) in [6, 6.07) is 8.85. The van der Waals surface area contributed by atoms with Crippen molar-refractivity contribution in [2.24, 2.45) is 10.2 Å². The second-order valence-corrected chi connectivity index (χ2v) is 7.17. The normalized spacial score (nSPS) is 17.9. The molecule has 126 valence electrons. The summed E-state index contributed by atoms with van der Waals surface area (Å²) in [5.41, 5.74) is 1.71. The van der Waals surface area contributed by atoms with Gasteiger partial charge in [0.1, 0.15) is 11.6 Å². The number of nitrogens with zero attached hydrogens (tertiary/aromatic N) is 2. The van der Waals surface area contributed by atoms with E-state index in [1.165, 1.54) is 24.3 Å². The first-order chi connectivity index (χ1) is 11.3. The Bertz CT molecular complexity index is 911. The van der Waals surface area contributed by atoms with E-state index in [0.717, 1.165) is 11.8 Å². The Morgan fingerprint density at radius 1 is 1.17 bits per heavy atom. The van der Waals surface area contributed by atoms with Gasteiger partial charge in [0.15, 0.2) is 0 Å². The van der Waals surface area contributed by atoms with Crippen LogP contribution in [0.3, 0.4) is 0 Å². The van der Waals surface area contributed by atoms with Gasteiger partial charge in [-0.1, -0.05) is 6.07 Å². The molecule has 8 heteroatoms. The lowest BCUT2D eigenvalue weighted by Crippen LogP contribution is -2.20. The molecule has 0 saturated carbocycles. The molecule has 1 atom stereocenters. The molecule has 2 aromatic rings. The average Bonchev–Trinajstić information content (AvgIpc) is 2.88. The lowest BCUT2D eigenvalue weighted by molar-refractivity contribution is 0.553. The first-order valence-electron chi connectivity index (χ1n) is 7.17. The molecule has 1 aliphatic heterocycles. The summed E-state index contributed by atoms with van der Waals surface area (Å²) in [6.45, 7) is 1.81. The minimum Gasteiger partial charge on any atom is -0.258 e. The van der Waals surface area contributed by atoms with Gasteiger partial charge in [-0.15, -0.1) is 0 Å². The van der Waals surface area contributed by atoms with Crippen LogP contribution in [0.2, 0.25) is 0 Å². The molecule has 2 N–H and O–H groups in total. The molecule has 5 nitrogen and oxygen atoms in total. The second kappa shape index (κ2) is 5.95. The third-order valence-corrected chi connectivity index (χ3v) is 4.74. The lowest BCUT2D eigenvalue weighted by Gasteiger charge is -2.24. The van der Waals surface area contributed by atoms with Crippen LogP contribution in [0.4, 0.5) is 14.5 Å². The summed E-state index contributed by atoms with van der Waals surface area (Å²) in [7, 11) is -3.79. The van der Waals surface area contributed by atoms with Crippen LogP contribution < -0.4 is 10.1 Å². The highest BCUT2D eigenvalue weighted by Gasteiger charge is 2.29. The van der Waals surface area contributed by atoms with Crippen molar-refractivity contribution in [2.45, 2.75) is 24.3 Å². The molecule has 0 aliphatic carbocycles. The Hall–Kier alpha value is -2.32. The molecule has 0 fully saturated rings. The van der Waals surface area contributed by atoms with E-state index in [2.05, 4.69) is 5.10 Å². The van der Waals surface area contributed by atoms with Crippen molar-refractivity contribution in [3.05, 3.63) is 59.7 Å². The van der Waals surface area contributed by atoms with Gasteiger partial charge in [0.05, 0.1) is 16.6 Å². The number of anilines is 1. The standard InChI is InChI=1S/C16H15F2N3O2S/c1-10-8-16(14-7-2-11(17)9-15(14)18)21(20-10)12-3-5-13(6-4-12)24(19,22)23/h2-7,9,16H,8H2,1H3,(H2,19,22,23). The first-order valence-corrected chi connectivity index (χ1v) is 8.71. The Morgan fingerprint density at radius 2 is 1.83 bits per heavy atom. The summed E-state index contributed by atoms with van der Waals surface area (Å²) < 4.78 is 49.9. The Morgan fingerprint density at radius 3 is 2.42 bits per heavy atom. The Labute approximate surface area is 138 Å². The van der Waals surface area contributed by atoms with E-state index in [0.29, 0.717) is 17.7 Å². The van der Waals surface area contributed by atoms with Crippen molar-refractivity contribution in [2.75, 3.05) is 5.01 Å². The first kappa shape index (κ1) is 16.5. The predicted molar refractivity (Wildman–Crippen MR) is 87.1 cm³/mol. The molecule has 0 spiro atoms. The summed E-state index contributed by atoms with van der Waals surface area (Å²) in [5.74, 6) is -1.29. The van der Waals surface area contributed by atoms with Gasteiger partial charge in [0.25, 0.3) is 0 Å². The number of nitrogens with two attached hydrogens (primary N) is 1. The van der Waals surface area contributed by atoms with Gasteiger partial charge in [-0.3, -0.25) is 5.01 Å². The lowest BCUT2D eigenvalue weighted by atomic mass is 10.0. The molecule has 24 heavy (non-hydrogen) atoms. The molecule has 0 saturated heterocycles. The predicted octanol–water partition coefficient (Wildman–Crippen LogP) is 2.94. The molecule has 0 bridgehead atoms. The molecule has 1 unspecified atom stereocenters. The highest BCUT2D eigenvalue weighted by molar-refractivity contribution is 7.89. The van der Waals surface area contributed by atoms with Gasteiger partial charge in [-0.25, -0.2) is 22.3 Å². The largest absolute Gasteiger partial charge is 0.258 e. The fraction of sp³-hybridized carbons (Fsp3) is 0.188. The van der Waals surface area contributed by atoms with Gasteiger partial charge in [-0.2, -0.15) is 5.10 Å². The van der Waals surface area contributed by atoms with Crippen molar-refractivity contribution in [3.8, 4) is 0 Å². The van der Waals surface area contributed by atoms with Crippen LogP contribution in [0, 0.1) is 11.6 Å². The number of rotatable bonds is 3.